The van der Waals surface area contributed by atoms with Gasteiger partial charge in [-0.05, 0) is 33.9 Å². The first kappa shape index (κ1) is 14.8. The fraction of sp³-hybridized carbons (Fsp3) is 0.933. The van der Waals surface area contributed by atoms with Gasteiger partial charge in [-0.2, -0.15) is 0 Å². The zero-order chi connectivity index (χ0) is 13.8. The number of rotatable bonds is 3. The standard InChI is InChI=1S/C15H29N3O/c1-12-10-16-14(11-17(2)3)15(19)18(12)13-8-6-4-5-7-9-13/h12-14,16H,4-11H2,1-3H3. The Morgan fingerprint density at radius 1 is 1.21 bits per heavy atom. The molecule has 4 heteroatoms. The van der Waals surface area contributed by atoms with Crippen LogP contribution in [-0.2, 0) is 4.79 Å². The lowest BCUT2D eigenvalue weighted by Crippen LogP contribution is -2.64. The monoisotopic (exact) mass is 267 g/mol. The highest BCUT2D eigenvalue weighted by atomic mass is 16.2. The Balaban J connectivity index is 2.04. The van der Waals surface area contributed by atoms with Gasteiger partial charge in [-0.25, -0.2) is 0 Å². The zero-order valence-electron chi connectivity index (χ0n) is 12.7. The maximum Gasteiger partial charge on any atom is 0.241 e. The van der Waals surface area contributed by atoms with Gasteiger partial charge in [0.05, 0.1) is 6.04 Å². The fourth-order valence-electron chi connectivity index (χ4n) is 3.48. The Kier molecular flexibility index (Phi) is 5.22. The molecule has 110 valence electrons. The molecule has 0 aromatic carbocycles. The second-order valence-electron chi connectivity index (χ2n) is 6.46. The smallest absolute Gasteiger partial charge is 0.241 e. The molecule has 0 bridgehead atoms. The van der Waals surface area contributed by atoms with Crippen molar-refractivity contribution in [2.75, 3.05) is 27.2 Å². The van der Waals surface area contributed by atoms with Crippen LogP contribution in [0.15, 0.2) is 0 Å². The number of carbonyl (C=O) groups excluding carboxylic acids is 1. The molecule has 0 radical (unpaired) electrons. The molecule has 2 fully saturated rings. The molecule has 0 spiro atoms. The van der Waals surface area contributed by atoms with Gasteiger partial charge in [0.25, 0.3) is 0 Å². The van der Waals surface area contributed by atoms with Crippen LogP contribution in [0.3, 0.4) is 0 Å². The summed E-state index contributed by atoms with van der Waals surface area (Å²) in [6.07, 6.45) is 7.65. The summed E-state index contributed by atoms with van der Waals surface area (Å²) >= 11 is 0. The van der Waals surface area contributed by atoms with Crippen molar-refractivity contribution in [2.24, 2.45) is 0 Å². The number of piperazine rings is 1. The van der Waals surface area contributed by atoms with Crippen LogP contribution in [0.25, 0.3) is 0 Å². The molecule has 0 aromatic rings. The molecule has 2 rings (SSSR count). The summed E-state index contributed by atoms with van der Waals surface area (Å²) in [5.74, 6) is 0.319. The lowest BCUT2D eigenvalue weighted by molar-refractivity contribution is -0.142. The maximum atomic E-state index is 12.7. The Labute approximate surface area is 117 Å². The van der Waals surface area contributed by atoms with Crippen molar-refractivity contribution in [1.29, 1.82) is 0 Å². The number of nitrogens with one attached hydrogen (secondary N) is 1. The van der Waals surface area contributed by atoms with Crippen LogP contribution < -0.4 is 5.32 Å². The van der Waals surface area contributed by atoms with E-state index in [0.29, 0.717) is 18.0 Å². The van der Waals surface area contributed by atoms with Crippen molar-refractivity contribution >= 4 is 5.91 Å². The normalized spacial score (nSPS) is 30.7. The molecule has 19 heavy (non-hydrogen) atoms. The second-order valence-corrected chi connectivity index (χ2v) is 6.46. The lowest BCUT2D eigenvalue weighted by Gasteiger charge is -2.43. The summed E-state index contributed by atoms with van der Waals surface area (Å²) < 4.78 is 0. The largest absolute Gasteiger partial charge is 0.334 e. The van der Waals surface area contributed by atoms with Crippen LogP contribution in [0, 0.1) is 0 Å². The highest BCUT2D eigenvalue weighted by Gasteiger charge is 2.37. The molecule has 1 saturated carbocycles. The summed E-state index contributed by atoms with van der Waals surface area (Å²) in [5.41, 5.74) is 0. The molecular weight excluding hydrogens is 238 g/mol. The van der Waals surface area contributed by atoms with Gasteiger partial charge in [-0.15, -0.1) is 0 Å². The lowest BCUT2D eigenvalue weighted by atomic mass is 10.0. The van der Waals surface area contributed by atoms with Gasteiger partial charge in [0, 0.05) is 25.2 Å². The van der Waals surface area contributed by atoms with Crippen molar-refractivity contribution in [1.82, 2.24) is 15.1 Å². The minimum atomic E-state index is -0.0190. The molecule has 2 aliphatic rings. The van der Waals surface area contributed by atoms with Gasteiger partial charge in [0.1, 0.15) is 0 Å². The van der Waals surface area contributed by atoms with E-state index in [-0.39, 0.29) is 6.04 Å². The number of carbonyl (C=O) groups is 1. The first-order chi connectivity index (χ1) is 9.09. The van der Waals surface area contributed by atoms with Gasteiger partial charge >= 0.3 is 0 Å². The van der Waals surface area contributed by atoms with Crippen LogP contribution in [0.4, 0.5) is 0 Å². The average molecular weight is 267 g/mol. The molecule has 0 aromatic heterocycles. The van der Waals surface area contributed by atoms with E-state index in [1.54, 1.807) is 0 Å². The predicted molar refractivity (Wildman–Crippen MR) is 78.1 cm³/mol. The summed E-state index contributed by atoms with van der Waals surface area (Å²) in [5, 5.41) is 3.40. The highest BCUT2D eigenvalue weighted by molar-refractivity contribution is 5.83. The summed E-state index contributed by atoms with van der Waals surface area (Å²) in [7, 11) is 4.06. The molecule has 1 heterocycles. The SMILES string of the molecule is CC1CNC(CN(C)C)C(=O)N1C1CCCCCC1. The van der Waals surface area contributed by atoms with E-state index in [0.717, 1.165) is 13.1 Å². The quantitative estimate of drug-likeness (QED) is 0.786. The van der Waals surface area contributed by atoms with E-state index in [9.17, 15) is 4.79 Å². The average Bonchev–Trinajstić information content (AvgIpc) is 2.62. The maximum absolute atomic E-state index is 12.7. The zero-order valence-corrected chi connectivity index (χ0v) is 12.7. The molecule has 2 unspecified atom stereocenters. The molecule has 2 atom stereocenters. The van der Waals surface area contributed by atoms with E-state index < -0.39 is 0 Å². The Morgan fingerprint density at radius 2 is 1.84 bits per heavy atom. The van der Waals surface area contributed by atoms with E-state index in [4.69, 9.17) is 0 Å². The number of nitrogens with zero attached hydrogens (tertiary/aromatic N) is 2. The summed E-state index contributed by atoms with van der Waals surface area (Å²) in [6, 6.07) is 0.806. The first-order valence-electron chi connectivity index (χ1n) is 7.80. The number of hydrogen-bond donors (Lipinski definition) is 1. The topological polar surface area (TPSA) is 35.6 Å². The second kappa shape index (κ2) is 6.71. The third-order valence-electron chi connectivity index (χ3n) is 4.45. The fourth-order valence-corrected chi connectivity index (χ4v) is 3.48. The van der Waals surface area contributed by atoms with Crippen molar-refractivity contribution < 1.29 is 4.79 Å². The highest BCUT2D eigenvalue weighted by Crippen LogP contribution is 2.25. The van der Waals surface area contributed by atoms with Crippen molar-refractivity contribution in [3.63, 3.8) is 0 Å². The molecule has 1 aliphatic carbocycles. The third kappa shape index (κ3) is 3.69. The summed E-state index contributed by atoms with van der Waals surface area (Å²) in [4.78, 5) is 17.0. The number of hydrogen-bond acceptors (Lipinski definition) is 3. The van der Waals surface area contributed by atoms with Gasteiger partial charge < -0.3 is 15.1 Å². The third-order valence-corrected chi connectivity index (χ3v) is 4.45. The molecule has 1 aliphatic heterocycles. The van der Waals surface area contributed by atoms with Crippen LogP contribution >= 0.6 is 0 Å². The van der Waals surface area contributed by atoms with E-state index >= 15 is 0 Å². The van der Waals surface area contributed by atoms with Crippen LogP contribution in [0.2, 0.25) is 0 Å². The van der Waals surface area contributed by atoms with Gasteiger partial charge in [0.2, 0.25) is 5.91 Å². The minimum Gasteiger partial charge on any atom is -0.334 e. The van der Waals surface area contributed by atoms with E-state index in [2.05, 4.69) is 22.0 Å². The number of likely N-dealkylation sites (N-methyl/N-ethyl adjacent to an activating group) is 1. The Bertz CT molecular complexity index is 298. The summed E-state index contributed by atoms with van der Waals surface area (Å²) in [6.45, 7) is 3.91. The van der Waals surface area contributed by atoms with Crippen LogP contribution in [-0.4, -0.2) is 61.0 Å². The molecule has 1 saturated heterocycles. The van der Waals surface area contributed by atoms with Crippen molar-refractivity contribution in [3.8, 4) is 0 Å². The predicted octanol–water partition coefficient (Wildman–Crippen LogP) is 1.46. The van der Waals surface area contributed by atoms with Gasteiger partial charge in [-0.3, -0.25) is 4.79 Å². The minimum absolute atomic E-state index is 0.0190. The Morgan fingerprint density at radius 3 is 2.42 bits per heavy atom. The van der Waals surface area contributed by atoms with Crippen LogP contribution in [0.5, 0.6) is 0 Å². The van der Waals surface area contributed by atoms with Crippen molar-refractivity contribution in [2.45, 2.75) is 63.6 Å². The Hall–Kier alpha value is -0.610. The van der Waals surface area contributed by atoms with Gasteiger partial charge in [0.15, 0.2) is 0 Å². The van der Waals surface area contributed by atoms with Gasteiger partial charge in [-0.1, -0.05) is 25.7 Å². The molecule has 4 nitrogen and oxygen atoms in total. The first-order valence-corrected chi connectivity index (χ1v) is 7.80. The number of amides is 1. The van der Waals surface area contributed by atoms with E-state index in [1.165, 1.54) is 38.5 Å². The van der Waals surface area contributed by atoms with Crippen molar-refractivity contribution in [3.05, 3.63) is 0 Å². The van der Waals surface area contributed by atoms with E-state index in [1.807, 2.05) is 14.1 Å². The molecule has 1 N–H and O–H groups in total. The molecular formula is C15H29N3O. The molecule has 1 amide bonds. The van der Waals surface area contributed by atoms with Crippen LogP contribution in [0.1, 0.15) is 45.4 Å².